The lowest BCUT2D eigenvalue weighted by atomic mass is 9.97. The molecule has 2 aliphatic heterocycles. The molecule has 1 aromatic heterocycles. The quantitative estimate of drug-likeness (QED) is 0.761. The van der Waals surface area contributed by atoms with E-state index in [-0.39, 0.29) is 30.7 Å². The van der Waals surface area contributed by atoms with Crippen molar-refractivity contribution < 1.29 is 4.79 Å². The minimum atomic E-state index is 0. The molecule has 1 saturated carbocycles. The Morgan fingerprint density at radius 1 is 1.04 bits per heavy atom. The summed E-state index contributed by atoms with van der Waals surface area (Å²) < 4.78 is 0. The molecule has 6 heteroatoms. The minimum Gasteiger partial charge on any atom is -0.349 e. The Kier molecular flexibility index (Phi) is 6.23. The fourth-order valence-corrected chi connectivity index (χ4v) is 4.92. The zero-order valence-electron chi connectivity index (χ0n) is 16.5. The van der Waals surface area contributed by atoms with Crippen LogP contribution in [0.25, 0.3) is 10.9 Å². The molecule has 1 aliphatic carbocycles. The summed E-state index contributed by atoms with van der Waals surface area (Å²) >= 11 is 0. The van der Waals surface area contributed by atoms with Crippen molar-refractivity contribution in [2.75, 3.05) is 0 Å². The van der Waals surface area contributed by atoms with Gasteiger partial charge in [0.2, 0.25) is 0 Å². The van der Waals surface area contributed by atoms with Crippen LogP contribution >= 0.6 is 24.8 Å². The Hall–Kier alpha value is -1.36. The lowest BCUT2D eigenvalue weighted by molar-refractivity contribution is 0.0925. The summed E-state index contributed by atoms with van der Waals surface area (Å²) in [4.78, 5) is 18.1. The number of pyridine rings is 1. The maximum atomic E-state index is 13.2. The summed E-state index contributed by atoms with van der Waals surface area (Å²) in [6, 6.07) is 7.80. The molecule has 3 heterocycles. The number of hydrogen-bond acceptors (Lipinski definition) is 3. The predicted molar refractivity (Wildman–Crippen MR) is 118 cm³/mol. The Balaban J connectivity index is 0.00000112. The summed E-state index contributed by atoms with van der Waals surface area (Å²) in [6.45, 7) is 4.19. The van der Waals surface area contributed by atoms with E-state index in [4.69, 9.17) is 4.98 Å². The van der Waals surface area contributed by atoms with Gasteiger partial charge in [0.15, 0.2) is 0 Å². The molecule has 152 valence electrons. The number of fused-ring (bicyclic) bond motifs is 3. The van der Waals surface area contributed by atoms with Crippen LogP contribution in [-0.2, 0) is 0 Å². The summed E-state index contributed by atoms with van der Waals surface area (Å²) in [5.74, 6) is 0.622. The van der Waals surface area contributed by atoms with Gasteiger partial charge in [0.25, 0.3) is 5.91 Å². The average molecular weight is 422 g/mol. The molecule has 2 saturated heterocycles. The van der Waals surface area contributed by atoms with Gasteiger partial charge in [-0.3, -0.25) is 9.78 Å². The molecule has 2 aromatic rings. The van der Waals surface area contributed by atoms with E-state index in [1.165, 1.54) is 31.2 Å². The molecule has 28 heavy (non-hydrogen) atoms. The third-order valence-corrected chi connectivity index (χ3v) is 6.32. The molecule has 2 atom stereocenters. The van der Waals surface area contributed by atoms with Gasteiger partial charge in [-0.15, -0.1) is 24.8 Å². The SMILES string of the molecule is Cc1cc(C)c2nc(C3CC3)cc(C(=O)NC3CC4CCC(C3)N4)c2c1.Cl.Cl. The Bertz CT molecular complexity index is 885. The number of aryl methyl sites for hydroxylation is 2. The normalized spacial score (nSPS) is 25.7. The van der Waals surface area contributed by atoms with Crippen LogP contribution in [-0.4, -0.2) is 29.0 Å². The molecule has 5 rings (SSSR count). The van der Waals surface area contributed by atoms with Gasteiger partial charge < -0.3 is 10.6 Å². The van der Waals surface area contributed by atoms with E-state index in [1.54, 1.807) is 0 Å². The summed E-state index contributed by atoms with van der Waals surface area (Å²) in [5.41, 5.74) is 5.26. The van der Waals surface area contributed by atoms with Gasteiger partial charge in [-0.05, 0) is 70.1 Å². The lowest BCUT2D eigenvalue weighted by Crippen LogP contribution is -2.48. The first-order valence-electron chi connectivity index (χ1n) is 10.1. The van der Waals surface area contributed by atoms with Crippen molar-refractivity contribution in [3.8, 4) is 0 Å². The number of carbonyl (C=O) groups excluding carboxylic acids is 1. The standard InChI is InChI=1S/C22H27N3O.2ClH/c1-12-7-13(2)21-18(8-12)19(11-20(25-21)14-3-4-14)22(26)24-17-9-15-5-6-16(10-17)23-15;;/h7-8,11,14-17,23H,3-6,9-10H2,1-2H3,(H,24,26);2*1H. The van der Waals surface area contributed by atoms with Crippen LogP contribution < -0.4 is 10.6 Å². The Morgan fingerprint density at radius 3 is 2.36 bits per heavy atom. The van der Waals surface area contributed by atoms with Crippen LogP contribution in [0.5, 0.6) is 0 Å². The average Bonchev–Trinajstić information content (AvgIpc) is 3.39. The number of aromatic nitrogens is 1. The summed E-state index contributed by atoms with van der Waals surface area (Å²) in [6.07, 6.45) is 7.00. The maximum Gasteiger partial charge on any atom is 0.252 e. The van der Waals surface area contributed by atoms with Crippen molar-refractivity contribution in [1.82, 2.24) is 15.6 Å². The first-order chi connectivity index (χ1) is 12.6. The second kappa shape index (κ2) is 8.17. The van der Waals surface area contributed by atoms with Crippen LogP contribution in [0.15, 0.2) is 18.2 Å². The number of benzene rings is 1. The molecule has 1 amide bonds. The number of halogens is 2. The number of nitrogens with one attached hydrogen (secondary N) is 2. The number of carbonyl (C=O) groups is 1. The van der Waals surface area contributed by atoms with E-state index in [0.717, 1.165) is 40.6 Å². The van der Waals surface area contributed by atoms with Crippen LogP contribution in [0, 0.1) is 13.8 Å². The van der Waals surface area contributed by atoms with Crippen molar-refractivity contribution in [2.24, 2.45) is 0 Å². The minimum absolute atomic E-state index is 0. The molecule has 4 nitrogen and oxygen atoms in total. The molecular weight excluding hydrogens is 393 g/mol. The summed E-state index contributed by atoms with van der Waals surface area (Å²) in [5, 5.41) is 8.00. The lowest BCUT2D eigenvalue weighted by Gasteiger charge is -2.29. The summed E-state index contributed by atoms with van der Waals surface area (Å²) in [7, 11) is 0. The fourth-order valence-electron chi connectivity index (χ4n) is 4.92. The molecule has 1 aromatic carbocycles. The molecular formula is C22H29Cl2N3O. The number of rotatable bonds is 3. The predicted octanol–water partition coefficient (Wildman–Crippen LogP) is 4.59. The van der Waals surface area contributed by atoms with Crippen LogP contribution in [0.4, 0.5) is 0 Å². The molecule has 3 aliphatic rings. The third kappa shape index (κ3) is 4.00. The molecule has 0 spiro atoms. The maximum absolute atomic E-state index is 13.2. The van der Waals surface area contributed by atoms with Gasteiger partial charge in [-0.1, -0.05) is 11.6 Å². The van der Waals surface area contributed by atoms with Gasteiger partial charge in [-0.2, -0.15) is 0 Å². The zero-order chi connectivity index (χ0) is 17.8. The fraction of sp³-hybridized carbons (Fsp3) is 0.545. The highest BCUT2D eigenvalue weighted by Gasteiger charge is 2.34. The van der Waals surface area contributed by atoms with Crippen LogP contribution in [0.1, 0.15) is 71.6 Å². The smallest absolute Gasteiger partial charge is 0.252 e. The number of hydrogen-bond donors (Lipinski definition) is 2. The second-order valence-electron chi connectivity index (χ2n) is 8.63. The van der Waals surface area contributed by atoms with Crippen molar-refractivity contribution in [3.05, 3.63) is 40.6 Å². The van der Waals surface area contributed by atoms with Crippen molar-refractivity contribution in [2.45, 2.75) is 76.4 Å². The van der Waals surface area contributed by atoms with Gasteiger partial charge in [0.05, 0.1) is 11.1 Å². The highest BCUT2D eigenvalue weighted by atomic mass is 35.5. The first-order valence-corrected chi connectivity index (χ1v) is 10.1. The highest BCUT2D eigenvalue weighted by Crippen LogP contribution is 2.40. The van der Waals surface area contributed by atoms with Gasteiger partial charge in [0.1, 0.15) is 0 Å². The zero-order valence-corrected chi connectivity index (χ0v) is 18.1. The number of amides is 1. The van der Waals surface area contributed by atoms with E-state index >= 15 is 0 Å². The van der Waals surface area contributed by atoms with E-state index in [1.807, 2.05) is 0 Å². The second-order valence-corrected chi connectivity index (χ2v) is 8.63. The Labute approximate surface area is 179 Å². The van der Waals surface area contributed by atoms with E-state index in [0.29, 0.717) is 24.0 Å². The van der Waals surface area contributed by atoms with Gasteiger partial charge >= 0.3 is 0 Å². The topological polar surface area (TPSA) is 54.0 Å². The van der Waals surface area contributed by atoms with E-state index in [2.05, 4.69) is 42.7 Å². The van der Waals surface area contributed by atoms with Crippen molar-refractivity contribution >= 4 is 41.6 Å². The van der Waals surface area contributed by atoms with E-state index < -0.39 is 0 Å². The van der Waals surface area contributed by atoms with Crippen molar-refractivity contribution in [1.29, 1.82) is 0 Å². The molecule has 3 fully saturated rings. The van der Waals surface area contributed by atoms with Gasteiger partial charge in [0, 0.05) is 35.1 Å². The largest absolute Gasteiger partial charge is 0.349 e. The Morgan fingerprint density at radius 2 is 1.71 bits per heavy atom. The molecule has 2 bridgehead atoms. The van der Waals surface area contributed by atoms with Crippen LogP contribution in [0.2, 0.25) is 0 Å². The third-order valence-electron chi connectivity index (χ3n) is 6.32. The first kappa shape index (κ1) is 21.4. The molecule has 0 radical (unpaired) electrons. The van der Waals surface area contributed by atoms with Gasteiger partial charge in [-0.25, -0.2) is 0 Å². The van der Waals surface area contributed by atoms with E-state index in [9.17, 15) is 4.79 Å². The number of nitrogens with zero attached hydrogens (tertiary/aromatic N) is 1. The number of piperidine rings is 1. The monoisotopic (exact) mass is 421 g/mol. The molecule has 2 N–H and O–H groups in total. The van der Waals surface area contributed by atoms with Crippen LogP contribution in [0.3, 0.4) is 0 Å². The molecule has 2 unspecified atom stereocenters. The van der Waals surface area contributed by atoms with Crippen molar-refractivity contribution in [3.63, 3.8) is 0 Å². The highest BCUT2D eigenvalue weighted by molar-refractivity contribution is 6.07.